The lowest BCUT2D eigenvalue weighted by Gasteiger charge is -2.31. The molecule has 0 saturated heterocycles. The second kappa shape index (κ2) is 4.54. The van der Waals surface area contributed by atoms with Crippen molar-refractivity contribution in [3.05, 3.63) is 21.9 Å². The molecule has 4 nitrogen and oxygen atoms in total. The van der Waals surface area contributed by atoms with Crippen molar-refractivity contribution < 1.29 is 9.90 Å². The molecule has 1 N–H and O–H groups in total. The summed E-state index contributed by atoms with van der Waals surface area (Å²) in [5.74, 6) is 0. The number of carboxylic acid groups (broad SMARTS) is 1. The van der Waals surface area contributed by atoms with Crippen molar-refractivity contribution in [1.82, 2.24) is 5.32 Å². The van der Waals surface area contributed by atoms with Crippen LogP contribution < -0.4 is 10.4 Å². The zero-order valence-corrected chi connectivity index (χ0v) is 10.2. The monoisotopic (exact) mass is 237 g/mol. The van der Waals surface area contributed by atoms with Crippen LogP contribution in [0, 0.1) is 16.7 Å². The van der Waals surface area contributed by atoms with E-state index in [1.165, 1.54) is 11.3 Å². The summed E-state index contributed by atoms with van der Waals surface area (Å²) in [7, 11) is 0. The van der Waals surface area contributed by atoms with Crippen molar-refractivity contribution >= 4 is 17.4 Å². The molecule has 1 aromatic rings. The van der Waals surface area contributed by atoms with Crippen LogP contribution in [-0.4, -0.2) is 6.09 Å². The fourth-order valence-corrected chi connectivity index (χ4v) is 2.52. The van der Waals surface area contributed by atoms with Gasteiger partial charge >= 0.3 is 0 Å². The summed E-state index contributed by atoms with van der Waals surface area (Å²) in [6.45, 7) is 5.79. The van der Waals surface area contributed by atoms with Crippen molar-refractivity contribution in [2.45, 2.75) is 26.8 Å². The molecule has 0 aromatic carbocycles. The highest BCUT2D eigenvalue weighted by Gasteiger charge is 2.27. The van der Waals surface area contributed by atoms with E-state index >= 15 is 0 Å². The molecule has 1 amide bonds. The molecule has 1 unspecified atom stereocenters. The van der Waals surface area contributed by atoms with Crippen LogP contribution in [0.5, 0.6) is 0 Å². The lowest BCUT2D eigenvalue weighted by Crippen LogP contribution is -2.43. The summed E-state index contributed by atoms with van der Waals surface area (Å²) in [5, 5.41) is 23.4. The Morgan fingerprint density at radius 3 is 2.62 bits per heavy atom. The van der Waals surface area contributed by atoms with Crippen LogP contribution in [0.4, 0.5) is 4.79 Å². The maximum atomic E-state index is 10.6. The van der Waals surface area contributed by atoms with E-state index in [4.69, 9.17) is 5.26 Å². The van der Waals surface area contributed by atoms with Crippen LogP contribution in [0.1, 0.15) is 37.3 Å². The van der Waals surface area contributed by atoms with Crippen LogP contribution in [0.25, 0.3) is 0 Å². The van der Waals surface area contributed by atoms with Gasteiger partial charge in [-0.2, -0.15) is 5.26 Å². The zero-order chi connectivity index (χ0) is 12.3. The minimum absolute atomic E-state index is 0.266. The summed E-state index contributed by atoms with van der Waals surface area (Å²) < 4.78 is 0. The number of rotatable bonds is 2. The van der Waals surface area contributed by atoms with Crippen LogP contribution >= 0.6 is 11.3 Å². The van der Waals surface area contributed by atoms with E-state index in [0.717, 1.165) is 4.88 Å². The van der Waals surface area contributed by atoms with Crippen molar-refractivity contribution in [1.29, 1.82) is 5.26 Å². The molecule has 0 aliphatic rings. The van der Waals surface area contributed by atoms with Gasteiger partial charge in [-0.05, 0) is 11.5 Å². The van der Waals surface area contributed by atoms with Crippen LogP contribution in [0.2, 0.25) is 0 Å². The molecule has 5 heteroatoms. The third-order valence-electron chi connectivity index (χ3n) is 2.16. The van der Waals surface area contributed by atoms with Crippen molar-refractivity contribution in [2.75, 3.05) is 0 Å². The Morgan fingerprint density at radius 1 is 1.62 bits per heavy atom. The van der Waals surface area contributed by atoms with Gasteiger partial charge in [0.25, 0.3) is 0 Å². The number of hydrogen-bond acceptors (Lipinski definition) is 4. The van der Waals surface area contributed by atoms with Gasteiger partial charge in [0.05, 0.1) is 11.6 Å². The highest BCUT2D eigenvalue weighted by atomic mass is 32.1. The minimum Gasteiger partial charge on any atom is -0.530 e. The van der Waals surface area contributed by atoms with Gasteiger partial charge in [0.15, 0.2) is 0 Å². The first-order chi connectivity index (χ1) is 7.34. The van der Waals surface area contributed by atoms with E-state index in [0.29, 0.717) is 5.56 Å². The first-order valence-corrected chi connectivity index (χ1v) is 5.68. The van der Waals surface area contributed by atoms with E-state index in [9.17, 15) is 9.90 Å². The first-order valence-electron chi connectivity index (χ1n) is 4.80. The van der Waals surface area contributed by atoms with Gasteiger partial charge in [0.2, 0.25) is 0 Å². The molecule has 0 saturated carbocycles. The smallest absolute Gasteiger partial charge is 0.134 e. The van der Waals surface area contributed by atoms with Gasteiger partial charge in [-0.25, -0.2) is 0 Å². The number of hydrogen-bond donors (Lipinski definition) is 1. The lowest BCUT2D eigenvalue weighted by molar-refractivity contribution is -0.252. The molecule has 1 atom stereocenters. The second-order valence-electron chi connectivity index (χ2n) is 4.58. The molecule has 0 spiro atoms. The van der Waals surface area contributed by atoms with E-state index in [-0.39, 0.29) is 11.5 Å². The number of nitriles is 1. The summed E-state index contributed by atoms with van der Waals surface area (Å²) in [5.41, 5.74) is 0.284. The number of carbonyl (C=O) groups excluding carboxylic acids is 1. The van der Waals surface area contributed by atoms with Gasteiger partial charge in [-0.15, -0.1) is 11.3 Å². The third kappa shape index (κ3) is 2.97. The normalized spacial score (nSPS) is 12.9. The Labute approximate surface area is 98.5 Å². The molecule has 0 aliphatic heterocycles. The van der Waals surface area contributed by atoms with Crippen molar-refractivity contribution in [3.8, 4) is 6.07 Å². The number of nitrogens with one attached hydrogen (secondary N) is 1. The third-order valence-corrected chi connectivity index (χ3v) is 3.16. The van der Waals surface area contributed by atoms with Gasteiger partial charge in [-0.3, -0.25) is 0 Å². The number of amides is 1. The molecule has 0 fully saturated rings. The van der Waals surface area contributed by atoms with Crippen LogP contribution in [0.15, 0.2) is 11.4 Å². The molecule has 1 heterocycles. The summed E-state index contributed by atoms with van der Waals surface area (Å²) in [6, 6.07) is 3.37. The highest BCUT2D eigenvalue weighted by Crippen LogP contribution is 2.35. The fourth-order valence-electron chi connectivity index (χ4n) is 1.40. The van der Waals surface area contributed by atoms with Gasteiger partial charge < -0.3 is 15.2 Å². The van der Waals surface area contributed by atoms with Crippen LogP contribution in [0.3, 0.4) is 0 Å². The first kappa shape index (κ1) is 12.5. The van der Waals surface area contributed by atoms with Crippen LogP contribution in [-0.2, 0) is 0 Å². The van der Waals surface area contributed by atoms with E-state index in [1.807, 2.05) is 26.8 Å². The predicted molar refractivity (Wildman–Crippen MR) is 59.8 cm³/mol. The molecular formula is C11H13N2O2S-. The van der Waals surface area contributed by atoms with E-state index in [2.05, 4.69) is 5.32 Å². The molecule has 1 aromatic heterocycles. The molecular weight excluding hydrogens is 224 g/mol. The molecule has 86 valence electrons. The SMILES string of the molecule is CC(C)(C)C(NC(=O)[O-])c1cc(C#N)cs1. The minimum atomic E-state index is -1.30. The predicted octanol–water partition coefficient (Wildman–Crippen LogP) is 1.64. The summed E-state index contributed by atoms with van der Waals surface area (Å²) in [6.07, 6.45) is -1.30. The molecule has 1 rings (SSSR count). The quantitative estimate of drug-likeness (QED) is 0.849. The van der Waals surface area contributed by atoms with E-state index in [1.54, 1.807) is 11.4 Å². The molecule has 0 aliphatic carbocycles. The Morgan fingerprint density at radius 2 is 2.25 bits per heavy atom. The van der Waals surface area contributed by atoms with Crippen molar-refractivity contribution in [3.63, 3.8) is 0 Å². The number of nitrogens with zero attached hydrogens (tertiary/aromatic N) is 1. The second-order valence-corrected chi connectivity index (χ2v) is 5.52. The Kier molecular flexibility index (Phi) is 3.55. The zero-order valence-electron chi connectivity index (χ0n) is 9.40. The Hall–Kier alpha value is -1.54. The topological polar surface area (TPSA) is 75.9 Å². The Bertz CT molecular complexity index is 426. The van der Waals surface area contributed by atoms with Gasteiger partial charge in [0, 0.05) is 10.3 Å². The largest absolute Gasteiger partial charge is 0.530 e. The van der Waals surface area contributed by atoms with E-state index < -0.39 is 6.09 Å². The molecule has 16 heavy (non-hydrogen) atoms. The number of thiophene rings is 1. The summed E-state index contributed by atoms with van der Waals surface area (Å²) in [4.78, 5) is 11.5. The fraction of sp³-hybridized carbons (Fsp3) is 0.455. The standard InChI is InChI=1S/C11H14N2O2S/c1-11(2,3)9(13-10(14)15)8-4-7(5-12)6-16-8/h4,6,9,13H,1-3H3,(H,14,15)/p-1. The molecule has 0 bridgehead atoms. The average molecular weight is 237 g/mol. The number of carbonyl (C=O) groups is 1. The van der Waals surface area contributed by atoms with Gasteiger partial charge in [-0.1, -0.05) is 20.8 Å². The molecule has 0 radical (unpaired) electrons. The maximum absolute atomic E-state index is 10.6. The van der Waals surface area contributed by atoms with Gasteiger partial charge in [0.1, 0.15) is 12.2 Å². The Balaban J connectivity index is 3.02. The average Bonchev–Trinajstić information content (AvgIpc) is 2.60. The maximum Gasteiger partial charge on any atom is 0.134 e. The highest BCUT2D eigenvalue weighted by molar-refractivity contribution is 7.10. The van der Waals surface area contributed by atoms with Crippen molar-refractivity contribution in [2.24, 2.45) is 5.41 Å². The summed E-state index contributed by atoms with van der Waals surface area (Å²) >= 11 is 1.37. The lowest BCUT2D eigenvalue weighted by atomic mass is 9.86.